The van der Waals surface area contributed by atoms with E-state index in [4.69, 9.17) is 10.8 Å². The SMILES string of the molecule is Nc1nc(O)nc(BF)n1. The van der Waals surface area contributed by atoms with Crippen LogP contribution >= 0.6 is 0 Å². The molecule has 0 atom stereocenters. The van der Waals surface area contributed by atoms with Crippen LogP contribution in [0.1, 0.15) is 0 Å². The molecule has 0 aliphatic rings. The third-order valence-corrected chi connectivity index (χ3v) is 0.807. The van der Waals surface area contributed by atoms with Crippen molar-refractivity contribution in [2.24, 2.45) is 0 Å². The van der Waals surface area contributed by atoms with Crippen LogP contribution in [0, 0.1) is 0 Å². The Morgan fingerprint density at radius 2 is 2.10 bits per heavy atom. The van der Waals surface area contributed by atoms with E-state index in [0.717, 1.165) is 0 Å². The van der Waals surface area contributed by atoms with Crippen molar-refractivity contribution in [2.75, 3.05) is 5.73 Å². The number of hydrogen-bond acceptors (Lipinski definition) is 5. The molecule has 1 heterocycles. The van der Waals surface area contributed by atoms with Crippen molar-refractivity contribution >= 4 is 19.2 Å². The van der Waals surface area contributed by atoms with E-state index >= 15 is 0 Å². The number of aromatic hydroxyl groups is 1. The lowest BCUT2D eigenvalue weighted by molar-refractivity contribution is 0.431. The summed E-state index contributed by atoms with van der Waals surface area (Å²) in [5.41, 5.74) is 4.88. The third-order valence-electron chi connectivity index (χ3n) is 0.807. The molecule has 0 aromatic carbocycles. The lowest BCUT2D eigenvalue weighted by Crippen LogP contribution is -2.21. The van der Waals surface area contributed by atoms with E-state index in [9.17, 15) is 4.32 Å². The first-order valence-corrected chi connectivity index (χ1v) is 2.47. The van der Waals surface area contributed by atoms with Gasteiger partial charge in [0.25, 0.3) is 0 Å². The summed E-state index contributed by atoms with van der Waals surface area (Å²) in [5, 5.41) is 8.62. The summed E-state index contributed by atoms with van der Waals surface area (Å²) in [5.74, 6) is -0.180. The van der Waals surface area contributed by atoms with Crippen LogP contribution in [0.25, 0.3) is 0 Å². The first kappa shape index (κ1) is 6.72. The summed E-state index contributed by atoms with van der Waals surface area (Å²) < 4.78 is 11.8. The van der Waals surface area contributed by atoms with Crippen molar-refractivity contribution in [3.05, 3.63) is 0 Å². The molecule has 7 heteroatoms. The van der Waals surface area contributed by atoms with Gasteiger partial charge in [0.1, 0.15) is 5.72 Å². The van der Waals surface area contributed by atoms with Crippen LogP contribution in [0.2, 0.25) is 0 Å². The molecular weight excluding hydrogens is 138 g/mol. The Balaban J connectivity index is 3.06. The quantitative estimate of drug-likeness (QED) is 0.447. The van der Waals surface area contributed by atoms with Gasteiger partial charge in [-0.25, -0.2) is 4.98 Å². The highest BCUT2D eigenvalue weighted by Crippen LogP contribution is 1.94. The van der Waals surface area contributed by atoms with Crippen molar-refractivity contribution in [3.8, 4) is 6.01 Å². The minimum absolute atomic E-state index is 0.162. The Morgan fingerprint density at radius 3 is 2.60 bits per heavy atom. The summed E-state index contributed by atoms with van der Waals surface area (Å²) in [6.45, 7) is 0. The Labute approximate surface area is 56.4 Å². The smallest absolute Gasteiger partial charge is 0.406 e. The number of anilines is 1. The monoisotopic (exact) mass is 142 g/mol. The Bertz CT molecular complexity index is 224. The summed E-state index contributed by atoms with van der Waals surface area (Å²) in [6, 6.07) is -0.555. The number of hydrogen-bond donors (Lipinski definition) is 2. The summed E-state index contributed by atoms with van der Waals surface area (Å²) in [6.07, 6.45) is 0. The van der Waals surface area contributed by atoms with Gasteiger partial charge < -0.3 is 15.2 Å². The normalized spacial score (nSPS) is 9.30. The maximum absolute atomic E-state index is 11.8. The van der Waals surface area contributed by atoms with Gasteiger partial charge in [-0.05, 0) is 0 Å². The van der Waals surface area contributed by atoms with Crippen molar-refractivity contribution in [3.63, 3.8) is 0 Å². The molecule has 0 spiro atoms. The predicted molar refractivity (Wildman–Crippen MR) is 33.8 cm³/mol. The van der Waals surface area contributed by atoms with Gasteiger partial charge in [0.05, 0.1) is 0 Å². The minimum atomic E-state index is -0.861. The van der Waals surface area contributed by atoms with Crippen LogP contribution in [-0.4, -0.2) is 27.6 Å². The van der Waals surface area contributed by atoms with Crippen molar-refractivity contribution < 1.29 is 9.42 Å². The van der Waals surface area contributed by atoms with Crippen LogP contribution in [0.4, 0.5) is 10.3 Å². The molecule has 0 aliphatic carbocycles. The highest BCUT2D eigenvalue weighted by atomic mass is 19.1. The van der Waals surface area contributed by atoms with E-state index < -0.39 is 13.6 Å². The zero-order valence-electron chi connectivity index (χ0n) is 4.95. The van der Waals surface area contributed by atoms with E-state index in [1.54, 1.807) is 0 Å². The molecule has 1 rings (SSSR count). The number of nitrogen functional groups attached to an aromatic ring is 1. The second-order valence-corrected chi connectivity index (χ2v) is 1.54. The molecule has 0 bridgehead atoms. The van der Waals surface area contributed by atoms with Gasteiger partial charge in [-0.15, -0.1) is 0 Å². The number of nitrogens with zero attached hydrogens (tertiary/aromatic N) is 3. The van der Waals surface area contributed by atoms with E-state index in [0.29, 0.717) is 0 Å². The highest BCUT2D eigenvalue weighted by molar-refractivity contribution is 6.43. The molecule has 0 aliphatic heterocycles. The lowest BCUT2D eigenvalue weighted by atomic mass is 10.1. The van der Waals surface area contributed by atoms with Gasteiger partial charge in [0.2, 0.25) is 5.95 Å². The van der Waals surface area contributed by atoms with Crippen LogP contribution in [-0.2, 0) is 0 Å². The van der Waals surface area contributed by atoms with Gasteiger partial charge in [0, 0.05) is 0 Å². The second kappa shape index (κ2) is 2.46. The van der Waals surface area contributed by atoms with Crippen LogP contribution < -0.4 is 11.5 Å². The first-order chi connectivity index (χ1) is 4.72. The average Bonchev–Trinajstić information content (AvgIpc) is 1.85. The first-order valence-electron chi connectivity index (χ1n) is 2.47. The molecule has 5 nitrogen and oxygen atoms in total. The fourth-order valence-corrected chi connectivity index (χ4v) is 0.485. The molecule has 1 aromatic rings. The highest BCUT2D eigenvalue weighted by Gasteiger charge is 2.02. The number of halogens is 1. The van der Waals surface area contributed by atoms with Crippen LogP contribution in [0.3, 0.4) is 0 Å². The maximum Gasteiger partial charge on any atom is 0.406 e. The topological polar surface area (TPSA) is 84.9 Å². The van der Waals surface area contributed by atoms with Crippen LogP contribution in [0.5, 0.6) is 6.01 Å². The molecule has 0 unspecified atom stereocenters. The fourth-order valence-electron chi connectivity index (χ4n) is 0.485. The zero-order chi connectivity index (χ0) is 7.56. The molecule has 0 amide bonds. The molecule has 10 heavy (non-hydrogen) atoms. The summed E-state index contributed by atoms with van der Waals surface area (Å²) in [4.78, 5) is 9.83. The van der Waals surface area contributed by atoms with Gasteiger partial charge in [-0.1, -0.05) is 0 Å². The van der Waals surface area contributed by atoms with Crippen molar-refractivity contribution in [2.45, 2.75) is 0 Å². The molecule has 0 radical (unpaired) electrons. The van der Waals surface area contributed by atoms with Crippen molar-refractivity contribution in [1.29, 1.82) is 0 Å². The predicted octanol–water partition coefficient (Wildman–Crippen LogP) is -1.89. The zero-order valence-corrected chi connectivity index (χ0v) is 4.95. The molecule has 0 saturated carbocycles. The largest absolute Gasteiger partial charge is 0.479 e. The lowest BCUT2D eigenvalue weighted by Gasteiger charge is -1.93. The molecule has 52 valence electrons. The maximum atomic E-state index is 11.8. The Morgan fingerprint density at radius 1 is 1.40 bits per heavy atom. The molecule has 0 fully saturated rings. The molecular formula is C3H4BFN4O. The number of aromatic nitrogens is 3. The molecule has 3 N–H and O–H groups in total. The van der Waals surface area contributed by atoms with Crippen molar-refractivity contribution in [1.82, 2.24) is 15.0 Å². The van der Waals surface area contributed by atoms with Gasteiger partial charge in [-0.3, -0.25) is 0 Å². The number of nitrogens with two attached hydrogens (primary N) is 1. The third kappa shape index (κ3) is 1.31. The number of rotatable bonds is 1. The summed E-state index contributed by atoms with van der Waals surface area (Å²) in [7, 11) is -0.861. The average molecular weight is 142 g/mol. The fraction of sp³-hybridized carbons (Fsp3) is 0. The Hall–Kier alpha value is -1.40. The van der Waals surface area contributed by atoms with E-state index in [1.807, 2.05) is 0 Å². The van der Waals surface area contributed by atoms with E-state index in [2.05, 4.69) is 15.0 Å². The molecule has 1 aromatic heterocycles. The summed E-state index contributed by atoms with van der Waals surface area (Å²) >= 11 is 0. The van der Waals surface area contributed by atoms with Gasteiger partial charge >= 0.3 is 13.6 Å². The van der Waals surface area contributed by atoms with Gasteiger partial charge in [0.15, 0.2) is 0 Å². The molecule has 0 saturated heterocycles. The Kier molecular flexibility index (Phi) is 1.66. The van der Waals surface area contributed by atoms with E-state index in [-0.39, 0.29) is 11.7 Å². The van der Waals surface area contributed by atoms with E-state index in [1.165, 1.54) is 0 Å². The standard InChI is InChI=1S/C3H4BFN4O/c5-4-1-7-2(6)9-3(10)8-1/h4H,(H3,6,7,8,9,10). The minimum Gasteiger partial charge on any atom is -0.479 e. The second-order valence-electron chi connectivity index (χ2n) is 1.54. The van der Waals surface area contributed by atoms with Crippen LogP contribution in [0.15, 0.2) is 0 Å². The van der Waals surface area contributed by atoms with Gasteiger partial charge in [-0.2, -0.15) is 9.97 Å².